The first kappa shape index (κ1) is 15.6. The Kier molecular flexibility index (Phi) is 5.16. The zero-order chi connectivity index (χ0) is 15.9. The Bertz CT molecular complexity index is 644. The highest BCUT2D eigenvalue weighted by Crippen LogP contribution is 2.14. The number of nitro benzene ring substituents is 1. The first-order valence-corrected chi connectivity index (χ1v) is 6.65. The second-order valence-corrected chi connectivity index (χ2v) is 4.62. The van der Waals surface area contributed by atoms with E-state index in [1.54, 1.807) is 18.5 Å². The summed E-state index contributed by atoms with van der Waals surface area (Å²) < 4.78 is 0. The molecule has 1 N–H and O–H groups in total. The molecule has 114 valence electrons. The summed E-state index contributed by atoms with van der Waals surface area (Å²) in [7, 11) is 0. The lowest BCUT2D eigenvalue weighted by Crippen LogP contribution is -2.33. The number of amides is 1. The average Bonchev–Trinajstić information content (AvgIpc) is 2.55. The maximum absolute atomic E-state index is 12.4. The molecule has 0 saturated heterocycles. The Morgan fingerprint density at radius 1 is 1.27 bits per heavy atom. The van der Waals surface area contributed by atoms with Gasteiger partial charge in [-0.25, -0.2) is 0 Å². The molecule has 0 spiro atoms. The van der Waals surface area contributed by atoms with Crippen molar-refractivity contribution >= 4 is 11.6 Å². The molecule has 0 aliphatic carbocycles. The summed E-state index contributed by atoms with van der Waals surface area (Å²) >= 11 is 0. The fraction of sp³-hybridized carbons (Fsp3) is 0.200. The number of hydrogen-bond donors (Lipinski definition) is 1. The number of carbonyl (C=O) groups is 1. The van der Waals surface area contributed by atoms with Crippen LogP contribution in [-0.4, -0.2) is 39.0 Å². The number of aliphatic hydroxyl groups is 1. The Hall–Kier alpha value is -2.80. The number of aliphatic hydroxyl groups excluding tert-OH is 1. The summed E-state index contributed by atoms with van der Waals surface area (Å²) in [4.78, 5) is 28.0. The molecule has 0 bridgehead atoms. The van der Waals surface area contributed by atoms with Crippen molar-refractivity contribution in [3.63, 3.8) is 0 Å². The highest BCUT2D eigenvalue weighted by molar-refractivity contribution is 5.94. The van der Waals surface area contributed by atoms with E-state index in [1.807, 2.05) is 6.07 Å². The van der Waals surface area contributed by atoms with Crippen molar-refractivity contribution in [1.82, 2.24) is 9.88 Å². The van der Waals surface area contributed by atoms with Crippen LogP contribution >= 0.6 is 0 Å². The Morgan fingerprint density at radius 3 is 2.55 bits per heavy atom. The zero-order valence-electron chi connectivity index (χ0n) is 11.8. The minimum absolute atomic E-state index is 0.0717. The SMILES string of the molecule is O=C(c1ccc([N+](=O)[O-])cc1)N(CCO)Cc1cccnc1. The van der Waals surface area contributed by atoms with Gasteiger partial charge in [0.2, 0.25) is 0 Å². The standard InChI is InChI=1S/C15H15N3O4/c19-9-8-17(11-12-2-1-7-16-10-12)15(20)13-3-5-14(6-4-13)18(21)22/h1-7,10,19H,8-9,11H2. The van der Waals surface area contributed by atoms with E-state index in [1.165, 1.54) is 29.2 Å². The van der Waals surface area contributed by atoms with Crippen LogP contribution in [0.5, 0.6) is 0 Å². The molecule has 0 saturated carbocycles. The van der Waals surface area contributed by atoms with Crippen molar-refractivity contribution in [2.24, 2.45) is 0 Å². The number of hydrogen-bond acceptors (Lipinski definition) is 5. The largest absolute Gasteiger partial charge is 0.395 e. The van der Waals surface area contributed by atoms with E-state index >= 15 is 0 Å². The summed E-state index contributed by atoms with van der Waals surface area (Å²) in [6.07, 6.45) is 3.28. The molecule has 0 aliphatic rings. The first-order valence-electron chi connectivity index (χ1n) is 6.65. The Labute approximate surface area is 127 Å². The molecule has 0 fully saturated rings. The molecule has 1 aromatic carbocycles. The lowest BCUT2D eigenvalue weighted by atomic mass is 10.1. The van der Waals surface area contributed by atoms with Crippen molar-refractivity contribution in [2.75, 3.05) is 13.2 Å². The number of nitro groups is 1. The molecule has 2 aromatic rings. The molecule has 1 aromatic heterocycles. The molecule has 1 amide bonds. The van der Waals surface area contributed by atoms with Gasteiger partial charge in [0, 0.05) is 43.2 Å². The second kappa shape index (κ2) is 7.28. The number of nitrogens with zero attached hydrogens (tertiary/aromatic N) is 3. The summed E-state index contributed by atoms with van der Waals surface area (Å²) in [6, 6.07) is 8.99. The highest BCUT2D eigenvalue weighted by Gasteiger charge is 2.17. The second-order valence-electron chi connectivity index (χ2n) is 4.62. The van der Waals surface area contributed by atoms with Gasteiger partial charge in [-0.15, -0.1) is 0 Å². The number of carbonyl (C=O) groups excluding carboxylic acids is 1. The maximum Gasteiger partial charge on any atom is 0.269 e. The molecular weight excluding hydrogens is 286 g/mol. The number of benzene rings is 1. The monoisotopic (exact) mass is 301 g/mol. The number of aromatic nitrogens is 1. The van der Waals surface area contributed by atoms with E-state index in [4.69, 9.17) is 5.11 Å². The molecule has 2 rings (SSSR count). The van der Waals surface area contributed by atoms with Gasteiger partial charge < -0.3 is 10.0 Å². The average molecular weight is 301 g/mol. The van der Waals surface area contributed by atoms with E-state index in [0.717, 1.165) is 5.56 Å². The number of rotatable bonds is 6. The lowest BCUT2D eigenvalue weighted by molar-refractivity contribution is -0.384. The van der Waals surface area contributed by atoms with Crippen molar-refractivity contribution in [3.8, 4) is 0 Å². The smallest absolute Gasteiger partial charge is 0.269 e. The predicted octanol–water partition coefficient (Wildman–Crippen LogP) is 1.62. The van der Waals surface area contributed by atoms with Crippen molar-refractivity contribution in [1.29, 1.82) is 0 Å². The molecule has 1 heterocycles. The van der Waals surface area contributed by atoms with Crippen LogP contribution in [0.15, 0.2) is 48.8 Å². The molecule has 7 heteroatoms. The van der Waals surface area contributed by atoms with Gasteiger partial charge in [0.1, 0.15) is 0 Å². The van der Waals surface area contributed by atoms with Crippen molar-refractivity contribution < 1.29 is 14.8 Å². The minimum atomic E-state index is -0.518. The lowest BCUT2D eigenvalue weighted by Gasteiger charge is -2.21. The molecule has 0 aliphatic heterocycles. The van der Waals surface area contributed by atoms with Gasteiger partial charge in [-0.2, -0.15) is 0 Å². The fourth-order valence-electron chi connectivity index (χ4n) is 1.99. The van der Waals surface area contributed by atoms with Crippen LogP contribution in [0.2, 0.25) is 0 Å². The van der Waals surface area contributed by atoms with Crippen LogP contribution in [0.1, 0.15) is 15.9 Å². The van der Waals surface area contributed by atoms with Crippen molar-refractivity contribution in [3.05, 3.63) is 70.0 Å². The van der Waals surface area contributed by atoms with E-state index in [-0.39, 0.29) is 24.7 Å². The Balaban J connectivity index is 2.16. The molecule has 22 heavy (non-hydrogen) atoms. The van der Waals surface area contributed by atoms with E-state index < -0.39 is 4.92 Å². The van der Waals surface area contributed by atoms with Gasteiger partial charge in [-0.1, -0.05) is 6.07 Å². The van der Waals surface area contributed by atoms with Crippen LogP contribution in [0.25, 0.3) is 0 Å². The third-order valence-electron chi connectivity index (χ3n) is 3.08. The van der Waals surface area contributed by atoms with Crippen LogP contribution in [0.3, 0.4) is 0 Å². The first-order chi connectivity index (χ1) is 10.6. The number of non-ortho nitro benzene ring substituents is 1. The van der Waals surface area contributed by atoms with Crippen LogP contribution in [-0.2, 0) is 6.54 Å². The van der Waals surface area contributed by atoms with Gasteiger partial charge in [-0.3, -0.25) is 19.9 Å². The van der Waals surface area contributed by atoms with Crippen LogP contribution in [0, 0.1) is 10.1 Å². The van der Waals surface area contributed by atoms with E-state index in [9.17, 15) is 14.9 Å². The minimum Gasteiger partial charge on any atom is -0.395 e. The van der Waals surface area contributed by atoms with Gasteiger partial charge in [0.15, 0.2) is 0 Å². The molecular formula is C15H15N3O4. The summed E-state index contributed by atoms with van der Waals surface area (Å²) in [5.74, 6) is -0.298. The van der Waals surface area contributed by atoms with Gasteiger partial charge >= 0.3 is 0 Å². The predicted molar refractivity (Wildman–Crippen MR) is 79.2 cm³/mol. The topological polar surface area (TPSA) is 96.6 Å². The Morgan fingerprint density at radius 2 is 2.00 bits per heavy atom. The van der Waals surface area contributed by atoms with E-state index in [0.29, 0.717) is 12.1 Å². The summed E-state index contributed by atoms with van der Waals surface area (Å²) in [5.41, 5.74) is 1.10. The molecule has 7 nitrogen and oxygen atoms in total. The third-order valence-corrected chi connectivity index (χ3v) is 3.08. The van der Waals surface area contributed by atoms with E-state index in [2.05, 4.69) is 4.98 Å². The molecule has 0 radical (unpaired) electrons. The highest BCUT2D eigenvalue weighted by atomic mass is 16.6. The van der Waals surface area contributed by atoms with Gasteiger partial charge in [-0.05, 0) is 23.8 Å². The van der Waals surface area contributed by atoms with Gasteiger partial charge in [0.05, 0.1) is 11.5 Å². The van der Waals surface area contributed by atoms with Crippen LogP contribution < -0.4 is 0 Å². The van der Waals surface area contributed by atoms with Crippen LogP contribution in [0.4, 0.5) is 5.69 Å². The normalized spacial score (nSPS) is 10.2. The van der Waals surface area contributed by atoms with Crippen molar-refractivity contribution in [2.45, 2.75) is 6.54 Å². The summed E-state index contributed by atoms with van der Waals surface area (Å²) in [6.45, 7) is 0.313. The summed E-state index contributed by atoms with van der Waals surface area (Å²) in [5, 5.41) is 19.8. The quantitative estimate of drug-likeness (QED) is 0.646. The maximum atomic E-state index is 12.4. The van der Waals surface area contributed by atoms with Gasteiger partial charge in [0.25, 0.3) is 11.6 Å². The fourth-order valence-corrected chi connectivity index (χ4v) is 1.99. The third kappa shape index (κ3) is 3.86. The zero-order valence-corrected chi connectivity index (χ0v) is 11.8. The number of pyridine rings is 1. The molecule has 0 atom stereocenters. The molecule has 0 unspecified atom stereocenters.